The third-order valence-electron chi connectivity index (χ3n) is 0. The maximum atomic E-state index is 0. The molecule has 0 aliphatic rings. The molecule has 0 radical (unpaired) electrons. The van der Waals surface area contributed by atoms with Crippen LogP contribution in [0, 0.1) is 7.43 Å². The van der Waals surface area contributed by atoms with Crippen LogP contribution >= 0.6 is 17.0 Å². The van der Waals surface area contributed by atoms with E-state index in [2.05, 4.69) is 0 Å². The predicted octanol–water partition coefficient (Wildman–Crippen LogP) is -2.12. The summed E-state index contributed by atoms with van der Waals surface area (Å²) < 4.78 is 0. The average Bonchev–Trinajstić information content (AvgIpc) is 0. The molecule has 0 aromatic heterocycles. The zero-order chi connectivity index (χ0) is 0. The van der Waals surface area contributed by atoms with Gasteiger partial charge in [0.25, 0.3) is 0 Å². The second-order valence-electron chi connectivity index (χ2n) is 0. The van der Waals surface area contributed by atoms with Crippen LogP contribution in [-0.4, -0.2) is 23.1 Å². The van der Waals surface area contributed by atoms with Crippen molar-refractivity contribution in [1.82, 2.24) is 0 Å². The Bertz CT molecular complexity index is 13.5. The fourth-order valence-electron chi connectivity index (χ4n) is 0. The van der Waals surface area contributed by atoms with Gasteiger partial charge in [0.1, 0.15) is 0 Å². The van der Waals surface area contributed by atoms with Crippen LogP contribution in [0.4, 0.5) is 0 Å². The van der Waals surface area contributed by atoms with E-state index in [9.17, 15) is 0 Å². The minimum absolute atomic E-state index is 0. The van der Waals surface area contributed by atoms with E-state index in [-0.39, 0.29) is 102 Å². The van der Waals surface area contributed by atoms with Crippen molar-refractivity contribution in [2.75, 3.05) is 0 Å². The van der Waals surface area contributed by atoms with Crippen molar-refractivity contribution in [3.05, 3.63) is 7.43 Å². The van der Waals surface area contributed by atoms with Crippen molar-refractivity contribution in [3.8, 4) is 0 Å². The second kappa shape index (κ2) is 16.9. The molecule has 0 bridgehead atoms. The number of halogens is 1. The Morgan fingerprint density at radius 2 is 1.25 bits per heavy atom. The molecule has 0 saturated heterocycles. The van der Waals surface area contributed by atoms with Crippen molar-refractivity contribution in [3.63, 3.8) is 0 Å². The van der Waals surface area contributed by atoms with Gasteiger partial charge in [0.15, 0.2) is 0 Å². The van der Waals surface area contributed by atoms with Crippen molar-refractivity contribution in [2.24, 2.45) is 0 Å². The molecule has 4 heavy (non-hydrogen) atoms. The molecule has 0 nitrogen and oxygen atoms in total. The maximum Gasteiger partial charge on any atom is 2.00 e. The van der Waals surface area contributed by atoms with Gasteiger partial charge in [0.05, 0.1) is 0 Å². The first-order valence-electron chi connectivity index (χ1n) is 0. The Balaban J connectivity index is 0. The summed E-state index contributed by atoms with van der Waals surface area (Å²) in [6, 6.07) is 0. The van der Waals surface area contributed by atoms with Gasteiger partial charge in [-0.1, -0.05) is 0 Å². The van der Waals surface area contributed by atoms with Crippen LogP contribution in [0.2, 0.25) is 0 Å². The van der Waals surface area contributed by atoms with Crippen LogP contribution in [0.25, 0.3) is 0 Å². The second-order valence-corrected chi connectivity index (χ2v) is 0. The van der Waals surface area contributed by atoms with Gasteiger partial charge >= 0.3 is 74.4 Å². The first-order valence-corrected chi connectivity index (χ1v) is 0. The largest absolute Gasteiger partial charge is 2.00 e. The molecule has 0 aromatic rings. The zero-order valence-corrected chi connectivity index (χ0v) is 9.37. The molecule has 0 fully saturated rings. The third-order valence-corrected chi connectivity index (χ3v) is 0. The minimum Gasteiger partial charge on any atom is -1.00 e. The van der Waals surface area contributed by atoms with Crippen molar-refractivity contribution in [2.45, 2.75) is 0 Å². The van der Waals surface area contributed by atoms with E-state index in [1.165, 1.54) is 0 Å². The molecule has 0 heterocycles. The van der Waals surface area contributed by atoms with Crippen molar-refractivity contribution in [1.29, 1.82) is 0 Å². The molecule has 0 amide bonds. The van der Waals surface area contributed by atoms with Crippen LogP contribution < -0.4 is 51.4 Å². The Morgan fingerprint density at radius 3 is 1.25 bits per heavy atom. The van der Waals surface area contributed by atoms with E-state index in [0.29, 0.717) is 0 Å². The van der Waals surface area contributed by atoms with Gasteiger partial charge in [-0.2, -0.15) is 0 Å². The molecule has 0 saturated carbocycles. The fraction of sp³-hybridized carbons (Fsp3) is 0. The summed E-state index contributed by atoms with van der Waals surface area (Å²) in [6.07, 6.45) is 0. The summed E-state index contributed by atoms with van der Waals surface area (Å²) in [5.41, 5.74) is 0. The van der Waals surface area contributed by atoms with Crippen LogP contribution in [-0.2, 0) is 0 Å². The van der Waals surface area contributed by atoms with Crippen LogP contribution in [0.3, 0.4) is 0 Å². The molecule has 3 heteroatoms. The molecule has 0 aromatic carbocycles. The van der Waals surface area contributed by atoms with Gasteiger partial charge < -0.3 is 10.3 Å². The molecule has 0 N–H and O–H groups in total. The standard InChI is InChI=1S/CH3.BrH.K.Mg.2H/h1H3;1H;;;;/q-1;;+1;+2;2*-1. The van der Waals surface area contributed by atoms with Gasteiger partial charge in [-0.25, -0.2) is 0 Å². The average molecular weight is 161 g/mol. The first-order chi connectivity index (χ1) is 0. The summed E-state index contributed by atoms with van der Waals surface area (Å²) in [4.78, 5) is 0. The SMILES string of the molecule is Br.[CH3-].[H-].[H-].[K+].[Mg+2]. The smallest absolute Gasteiger partial charge is 1.00 e. The van der Waals surface area contributed by atoms with Crippen molar-refractivity contribution >= 4 is 40.0 Å². The van der Waals surface area contributed by atoms with Crippen LogP contribution in [0.5, 0.6) is 0 Å². The number of hydrogen-bond acceptors (Lipinski definition) is 0. The van der Waals surface area contributed by atoms with E-state index in [0.717, 1.165) is 0 Å². The van der Waals surface area contributed by atoms with Crippen LogP contribution in [0.1, 0.15) is 2.85 Å². The normalized spacial score (nSPS) is 0. The summed E-state index contributed by atoms with van der Waals surface area (Å²) in [5.74, 6) is 0. The molecular formula is CH6BrKMg. The van der Waals surface area contributed by atoms with E-state index in [1.54, 1.807) is 0 Å². The zero-order valence-electron chi connectivity index (χ0n) is 5.12. The number of hydrogen-bond donors (Lipinski definition) is 0. The molecule has 20 valence electrons. The monoisotopic (exact) mass is 160 g/mol. The van der Waals surface area contributed by atoms with Gasteiger partial charge in [-0.3, -0.25) is 0 Å². The molecule has 0 aliphatic heterocycles. The summed E-state index contributed by atoms with van der Waals surface area (Å²) in [5, 5.41) is 0. The van der Waals surface area contributed by atoms with Crippen molar-refractivity contribution < 1.29 is 54.2 Å². The van der Waals surface area contributed by atoms with E-state index >= 15 is 0 Å². The third kappa shape index (κ3) is 8.86. The minimum atomic E-state index is 0. The van der Waals surface area contributed by atoms with Gasteiger partial charge in [-0.15, -0.1) is 17.0 Å². The Hall–Kier alpha value is 2.88. The molecular weight excluding hydrogens is 155 g/mol. The maximum absolute atomic E-state index is 0. The predicted molar refractivity (Wildman–Crippen MR) is 24.7 cm³/mol. The first kappa shape index (κ1) is 28.7. The van der Waals surface area contributed by atoms with E-state index in [4.69, 9.17) is 0 Å². The Labute approximate surface area is 99.4 Å². The van der Waals surface area contributed by atoms with Gasteiger partial charge in [0.2, 0.25) is 0 Å². The molecule has 0 rings (SSSR count). The van der Waals surface area contributed by atoms with Gasteiger partial charge in [-0.05, 0) is 0 Å². The molecule has 0 unspecified atom stereocenters. The molecule has 0 atom stereocenters. The Morgan fingerprint density at radius 1 is 1.25 bits per heavy atom. The van der Waals surface area contributed by atoms with E-state index < -0.39 is 0 Å². The van der Waals surface area contributed by atoms with Crippen LogP contribution in [0.15, 0.2) is 0 Å². The summed E-state index contributed by atoms with van der Waals surface area (Å²) >= 11 is 0. The summed E-state index contributed by atoms with van der Waals surface area (Å²) in [7, 11) is 0. The molecule has 0 spiro atoms. The van der Waals surface area contributed by atoms with Gasteiger partial charge in [0, 0.05) is 0 Å². The topological polar surface area (TPSA) is 0 Å². The Kier molecular flexibility index (Phi) is 121. The van der Waals surface area contributed by atoms with E-state index in [1.807, 2.05) is 0 Å². The summed E-state index contributed by atoms with van der Waals surface area (Å²) in [6.45, 7) is 0. The molecule has 0 aliphatic carbocycles. The number of rotatable bonds is 0. The fourth-order valence-corrected chi connectivity index (χ4v) is 0. The quantitative estimate of drug-likeness (QED) is 0.281.